The predicted octanol–water partition coefficient (Wildman–Crippen LogP) is 5.58. The Morgan fingerprint density at radius 3 is 2.39 bits per heavy atom. The molecule has 1 rings (SSSR count). The summed E-state index contributed by atoms with van der Waals surface area (Å²) in [6.07, 6.45) is 3.40. The molecule has 0 N–H and O–H groups in total. The lowest BCUT2D eigenvalue weighted by molar-refractivity contribution is 0.340. The van der Waals surface area contributed by atoms with Crippen molar-refractivity contribution in [2.75, 3.05) is 17.8 Å². The van der Waals surface area contributed by atoms with Crippen molar-refractivity contribution in [2.45, 2.75) is 26.2 Å². The van der Waals surface area contributed by atoms with Crippen molar-refractivity contribution >= 4 is 47.8 Å². The summed E-state index contributed by atoms with van der Waals surface area (Å²) in [4.78, 5) is 0. The molecule has 18 heavy (non-hydrogen) atoms. The van der Waals surface area contributed by atoms with Crippen molar-refractivity contribution in [3.63, 3.8) is 0 Å². The van der Waals surface area contributed by atoms with Gasteiger partial charge in [0.1, 0.15) is 5.75 Å². The molecule has 0 aromatic heterocycles. The van der Waals surface area contributed by atoms with Crippen LogP contribution in [0.2, 0.25) is 0 Å². The molecule has 0 spiro atoms. The highest BCUT2D eigenvalue weighted by Gasteiger charge is 2.28. The van der Waals surface area contributed by atoms with E-state index in [9.17, 15) is 0 Å². The summed E-state index contributed by atoms with van der Waals surface area (Å²) in [5.41, 5.74) is 1.52. The van der Waals surface area contributed by atoms with Gasteiger partial charge in [-0.1, -0.05) is 61.1 Å². The lowest BCUT2D eigenvalue weighted by atomic mass is 9.81. The predicted molar refractivity (Wildman–Crippen MR) is 89.3 cm³/mol. The summed E-state index contributed by atoms with van der Waals surface area (Å²) in [6, 6.07) is 6.21. The molecule has 102 valence electrons. The largest absolute Gasteiger partial charge is 0.496 e. The Bertz CT molecular complexity index is 375. The number of rotatable bonds is 7. The van der Waals surface area contributed by atoms with Crippen LogP contribution in [0.1, 0.15) is 25.3 Å². The molecule has 4 heteroatoms. The fourth-order valence-electron chi connectivity index (χ4n) is 2.17. The minimum Gasteiger partial charge on any atom is -0.496 e. The number of methoxy groups -OCH3 is 1. The molecule has 0 aliphatic carbocycles. The Balaban J connectivity index is 3.02. The molecule has 0 saturated carbocycles. The van der Waals surface area contributed by atoms with Gasteiger partial charge in [0.2, 0.25) is 0 Å². The fourth-order valence-corrected chi connectivity index (χ4v) is 4.47. The van der Waals surface area contributed by atoms with Gasteiger partial charge in [-0.15, -0.1) is 0 Å². The van der Waals surface area contributed by atoms with Crippen LogP contribution in [0.5, 0.6) is 5.75 Å². The highest BCUT2D eigenvalue weighted by atomic mass is 79.9. The van der Waals surface area contributed by atoms with Gasteiger partial charge >= 0.3 is 0 Å². The SMILES string of the molecule is CCCC(CBr)(CBr)Cc1cc(Br)ccc1OC. The van der Waals surface area contributed by atoms with E-state index < -0.39 is 0 Å². The highest BCUT2D eigenvalue weighted by Crippen LogP contribution is 2.36. The van der Waals surface area contributed by atoms with Crippen LogP contribution in [0.4, 0.5) is 0 Å². The van der Waals surface area contributed by atoms with E-state index in [1.807, 2.05) is 12.1 Å². The summed E-state index contributed by atoms with van der Waals surface area (Å²) in [6.45, 7) is 2.23. The molecule has 0 aliphatic heterocycles. The van der Waals surface area contributed by atoms with E-state index >= 15 is 0 Å². The summed E-state index contributed by atoms with van der Waals surface area (Å²) in [5, 5.41) is 1.99. The molecule has 1 aromatic rings. The van der Waals surface area contributed by atoms with Crippen molar-refractivity contribution < 1.29 is 4.74 Å². The zero-order chi connectivity index (χ0) is 13.6. The average molecular weight is 443 g/mol. The van der Waals surface area contributed by atoms with E-state index in [0.29, 0.717) is 0 Å². The maximum Gasteiger partial charge on any atom is 0.122 e. The number of alkyl halides is 2. The summed E-state index contributed by atoms with van der Waals surface area (Å²) >= 11 is 10.9. The van der Waals surface area contributed by atoms with Gasteiger partial charge in [-0.2, -0.15) is 0 Å². The highest BCUT2D eigenvalue weighted by molar-refractivity contribution is 9.10. The van der Waals surface area contributed by atoms with Gasteiger partial charge in [-0.25, -0.2) is 0 Å². The number of hydrogen-bond acceptors (Lipinski definition) is 1. The van der Waals surface area contributed by atoms with Gasteiger partial charge in [-0.05, 0) is 42.0 Å². The molecule has 0 saturated heterocycles. The van der Waals surface area contributed by atoms with Crippen LogP contribution >= 0.6 is 47.8 Å². The normalized spacial score (nSPS) is 11.6. The van der Waals surface area contributed by atoms with E-state index in [0.717, 1.165) is 27.3 Å². The average Bonchev–Trinajstić information content (AvgIpc) is 2.38. The van der Waals surface area contributed by atoms with Crippen LogP contribution < -0.4 is 4.74 Å². The number of hydrogen-bond donors (Lipinski definition) is 0. The smallest absolute Gasteiger partial charge is 0.122 e. The lowest BCUT2D eigenvalue weighted by Gasteiger charge is -2.30. The first-order valence-corrected chi connectivity index (χ1v) is 9.08. The van der Waals surface area contributed by atoms with Crippen molar-refractivity contribution in [3.8, 4) is 5.75 Å². The quantitative estimate of drug-likeness (QED) is 0.501. The molecule has 1 aromatic carbocycles. The topological polar surface area (TPSA) is 9.23 Å². The van der Waals surface area contributed by atoms with Crippen molar-refractivity contribution in [3.05, 3.63) is 28.2 Å². The van der Waals surface area contributed by atoms with E-state index in [1.54, 1.807) is 7.11 Å². The molecule has 0 bridgehead atoms. The number of ether oxygens (including phenoxy) is 1. The van der Waals surface area contributed by atoms with Gasteiger partial charge in [0, 0.05) is 15.1 Å². The Labute approximate surface area is 135 Å². The Hall–Kier alpha value is 0.460. The van der Waals surface area contributed by atoms with Gasteiger partial charge in [0.15, 0.2) is 0 Å². The van der Waals surface area contributed by atoms with E-state index in [-0.39, 0.29) is 5.41 Å². The Morgan fingerprint density at radius 2 is 1.89 bits per heavy atom. The first-order valence-electron chi connectivity index (χ1n) is 6.05. The van der Waals surface area contributed by atoms with E-state index in [4.69, 9.17) is 4.74 Å². The molecule has 0 amide bonds. The number of benzene rings is 1. The summed E-state index contributed by atoms with van der Waals surface area (Å²) in [7, 11) is 1.73. The van der Waals surface area contributed by atoms with Gasteiger partial charge in [0.25, 0.3) is 0 Å². The lowest BCUT2D eigenvalue weighted by Crippen LogP contribution is -2.27. The molecule has 0 unspecified atom stereocenters. The second-order valence-electron chi connectivity index (χ2n) is 4.65. The summed E-state index contributed by atoms with van der Waals surface area (Å²) in [5.74, 6) is 0.973. The third-order valence-electron chi connectivity index (χ3n) is 3.16. The minimum absolute atomic E-state index is 0.253. The maximum absolute atomic E-state index is 5.46. The molecule has 0 radical (unpaired) electrons. The zero-order valence-corrected chi connectivity index (χ0v) is 15.6. The first-order chi connectivity index (χ1) is 8.60. The third-order valence-corrected chi connectivity index (χ3v) is 6.03. The Morgan fingerprint density at radius 1 is 1.22 bits per heavy atom. The standard InChI is InChI=1S/C14H19Br3O/c1-3-6-14(9-15,10-16)8-11-7-12(17)4-5-13(11)18-2/h4-5,7H,3,6,8-10H2,1-2H3. The molecular formula is C14H19Br3O. The van der Waals surface area contributed by atoms with Crippen LogP contribution in [0.15, 0.2) is 22.7 Å². The van der Waals surface area contributed by atoms with Gasteiger partial charge < -0.3 is 4.74 Å². The first kappa shape index (κ1) is 16.5. The van der Waals surface area contributed by atoms with Crippen LogP contribution in [-0.4, -0.2) is 17.8 Å². The monoisotopic (exact) mass is 440 g/mol. The van der Waals surface area contributed by atoms with Crippen molar-refractivity contribution in [2.24, 2.45) is 5.41 Å². The van der Waals surface area contributed by atoms with E-state index in [2.05, 4.69) is 60.8 Å². The molecule has 0 atom stereocenters. The van der Waals surface area contributed by atoms with E-state index in [1.165, 1.54) is 18.4 Å². The number of halogens is 3. The van der Waals surface area contributed by atoms with Crippen LogP contribution in [0.25, 0.3) is 0 Å². The molecular weight excluding hydrogens is 424 g/mol. The van der Waals surface area contributed by atoms with Crippen LogP contribution in [-0.2, 0) is 6.42 Å². The summed E-state index contributed by atoms with van der Waals surface area (Å²) < 4.78 is 6.57. The zero-order valence-electron chi connectivity index (χ0n) is 10.8. The maximum atomic E-state index is 5.46. The fraction of sp³-hybridized carbons (Fsp3) is 0.571. The van der Waals surface area contributed by atoms with Crippen LogP contribution in [0, 0.1) is 5.41 Å². The molecule has 0 aliphatic rings. The third kappa shape index (κ3) is 4.24. The van der Waals surface area contributed by atoms with Crippen molar-refractivity contribution in [1.29, 1.82) is 0 Å². The molecule has 0 heterocycles. The second kappa shape index (κ2) is 7.91. The second-order valence-corrected chi connectivity index (χ2v) is 6.69. The Kier molecular flexibility index (Phi) is 7.25. The molecule has 0 fully saturated rings. The minimum atomic E-state index is 0.253. The van der Waals surface area contributed by atoms with Gasteiger partial charge in [-0.3, -0.25) is 0 Å². The van der Waals surface area contributed by atoms with Gasteiger partial charge in [0.05, 0.1) is 7.11 Å². The van der Waals surface area contributed by atoms with Crippen molar-refractivity contribution in [1.82, 2.24) is 0 Å². The molecule has 1 nitrogen and oxygen atoms in total. The van der Waals surface area contributed by atoms with Crippen LogP contribution in [0.3, 0.4) is 0 Å².